The summed E-state index contributed by atoms with van der Waals surface area (Å²) < 4.78 is 22.0. The van der Waals surface area contributed by atoms with Crippen LogP contribution in [0.25, 0.3) is 11.1 Å². The summed E-state index contributed by atoms with van der Waals surface area (Å²) >= 11 is 4.83. The van der Waals surface area contributed by atoms with E-state index in [1.165, 1.54) is 0 Å². The summed E-state index contributed by atoms with van der Waals surface area (Å²) in [5.41, 5.74) is 2.63. The predicted molar refractivity (Wildman–Crippen MR) is 97.4 cm³/mol. The van der Waals surface area contributed by atoms with Crippen LogP contribution in [0.1, 0.15) is 11.7 Å². The second-order valence-corrected chi connectivity index (χ2v) is 12.6. The Balaban J connectivity index is 2.32. The van der Waals surface area contributed by atoms with E-state index in [1.54, 1.807) is 34.7 Å². The summed E-state index contributed by atoms with van der Waals surface area (Å²) in [5.74, 6) is 0. The van der Waals surface area contributed by atoms with Crippen molar-refractivity contribution in [3.05, 3.63) is 60.2 Å². The standard InChI is InChI=1S/C15H14BrIO3S/c1-21(19,20)15(16,17)14(18)13-9-7-12(8-10-13)11-5-3-2-4-6-11/h2-10,14,18H,1H3/t14-,15-/m1/s1. The minimum absolute atomic E-state index is 0.548. The Hall–Kier alpha value is -0.440. The van der Waals surface area contributed by atoms with E-state index < -0.39 is 17.6 Å². The van der Waals surface area contributed by atoms with E-state index in [-0.39, 0.29) is 0 Å². The highest BCUT2D eigenvalue weighted by atomic mass is 127. The molecule has 0 saturated heterocycles. The van der Waals surface area contributed by atoms with Crippen molar-refractivity contribution in [2.75, 3.05) is 6.26 Å². The lowest BCUT2D eigenvalue weighted by Gasteiger charge is -2.25. The highest BCUT2D eigenvalue weighted by Gasteiger charge is 2.43. The third-order valence-corrected chi connectivity index (χ3v) is 9.55. The molecule has 2 aromatic rings. The van der Waals surface area contributed by atoms with Crippen molar-refractivity contribution < 1.29 is 13.5 Å². The van der Waals surface area contributed by atoms with Gasteiger partial charge in [-0.2, -0.15) is 0 Å². The maximum Gasteiger partial charge on any atom is 0.206 e. The monoisotopic (exact) mass is 480 g/mol. The first-order valence-electron chi connectivity index (χ1n) is 6.14. The van der Waals surface area contributed by atoms with Crippen LogP contribution < -0.4 is 0 Å². The smallest absolute Gasteiger partial charge is 0.206 e. The SMILES string of the molecule is CS(=O)(=O)[C@](Br)(I)[C@H](O)c1ccc(-c2ccccc2)cc1. The first kappa shape index (κ1) is 16.9. The molecule has 0 aliphatic carbocycles. The lowest BCUT2D eigenvalue weighted by molar-refractivity contribution is 0.191. The highest BCUT2D eigenvalue weighted by Crippen LogP contribution is 2.44. The Bertz CT molecular complexity index is 712. The molecule has 0 saturated carbocycles. The number of aliphatic hydroxyl groups excluding tert-OH is 1. The quantitative estimate of drug-likeness (QED) is 0.533. The Morgan fingerprint density at radius 1 is 1.05 bits per heavy atom. The van der Waals surface area contributed by atoms with Crippen LogP contribution in [-0.4, -0.2) is 21.4 Å². The molecule has 0 unspecified atom stereocenters. The highest BCUT2D eigenvalue weighted by molar-refractivity contribution is 14.1. The van der Waals surface area contributed by atoms with E-state index >= 15 is 0 Å². The maximum atomic E-state index is 11.7. The van der Waals surface area contributed by atoms with E-state index in [9.17, 15) is 13.5 Å². The number of hydrogen-bond donors (Lipinski definition) is 1. The number of sulfone groups is 1. The summed E-state index contributed by atoms with van der Waals surface area (Å²) in [4.78, 5) is 0. The third-order valence-electron chi connectivity index (χ3n) is 3.15. The number of hydrogen-bond acceptors (Lipinski definition) is 3. The van der Waals surface area contributed by atoms with Crippen LogP contribution in [0.15, 0.2) is 54.6 Å². The fourth-order valence-electron chi connectivity index (χ4n) is 1.89. The van der Waals surface area contributed by atoms with Gasteiger partial charge in [-0.1, -0.05) is 70.5 Å². The molecule has 0 fully saturated rings. The van der Waals surface area contributed by atoms with Crippen molar-refractivity contribution in [2.24, 2.45) is 0 Å². The van der Waals surface area contributed by atoms with E-state index in [1.807, 2.05) is 42.5 Å². The minimum atomic E-state index is -3.46. The molecule has 0 heterocycles. The average Bonchev–Trinajstić information content (AvgIpc) is 2.46. The first-order valence-corrected chi connectivity index (χ1v) is 9.90. The van der Waals surface area contributed by atoms with Gasteiger partial charge in [0.2, 0.25) is 1.66 Å². The third kappa shape index (κ3) is 3.67. The van der Waals surface area contributed by atoms with Crippen LogP contribution >= 0.6 is 38.5 Å². The first-order chi connectivity index (χ1) is 9.73. The number of alkyl halides is 2. The molecule has 0 amide bonds. The van der Waals surface area contributed by atoms with Crippen molar-refractivity contribution in [1.29, 1.82) is 0 Å². The molecule has 0 bridgehead atoms. The van der Waals surface area contributed by atoms with Gasteiger partial charge in [-0.25, -0.2) is 8.42 Å². The Labute approximate surface area is 146 Å². The second-order valence-electron chi connectivity index (χ2n) is 4.72. The average molecular weight is 481 g/mol. The molecular formula is C15H14BrIO3S. The molecule has 1 N–H and O–H groups in total. The minimum Gasteiger partial charge on any atom is -0.385 e. The van der Waals surface area contributed by atoms with Crippen LogP contribution in [0.4, 0.5) is 0 Å². The fraction of sp³-hybridized carbons (Fsp3) is 0.200. The predicted octanol–water partition coefficient (Wildman–Crippen LogP) is 3.92. The number of rotatable bonds is 4. The molecule has 0 aromatic heterocycles. The Morgan fingerprint density at radius 3 is 2.00 bits per heavy atom. The molecule has 2 aromatic carbocycles. The maximum absolute atomic E-state index is 11.7. The van der Waals surface area contributed by atoms with Crippen molar-refractivity contribution in [3.8, 4) is 11.1 Å². The summed E-state index contributed by atoms with van der Waals surface area (Å²) in [6.07, 6.45) is -0.0617. The molecule has 0 radical (unpaired) electrons. The summed E-state index contributed by atoms with van der Waals surface area (Å²) in [6.45, 7) is 0. The molecule has 3 nitrogen and oxygen atoms in total. The molecule has 112 valence electrons. The van der Waals surface area contributed by atoms with E-state index in [2.05, 4.69) is 15.9 Å². The van der Waals surface area contributed by atoms with E-state index in [4.69, 9.17) is 0 Å². The van der Waals surface area contributed by atoms with Crippen molar-refractivity contribution in [1.82, 2.24) is 0 Å². The van der Waals surface area contributed by atoms with E-state index in [0.717, 1.165) is 17.4 Å². The number of aliphatic hydroxyl groups is 1. The fourth-order valence-corrected chi connectivity index (χ4v) is 3.05. The van der Waals surface area contributed by atoms with Gasteiger partial charge in [0.15, 0.2) is 9.84 Å². The summed E-state index contributed by atoms with van der Waals surface area (Å²) in [7, 11) is -3.46. The van der Waals surface area contributed by atoms with Crippen LogP contribution in [0.5, 0.6) is 0 Å². The molecule has 6 heteroatoms. The summed E-state index contributed by atoms with van der Waals surface area (Å²) in [6, 6.07) is 17.1. The van der Waals surface area contributed by atoms with Crippen LogP contribution in [-0.2, 0) is 9.84 Å². The molecular weight excluding hydrogens is 467 g/mol. The van der Waals surface area contributed by atoms with Crippen molar-refractivity contribution in [3.63, 3.8) is 0 Å². The van der Waals surface area contributed by atoms with Gasteiger partial charge in [0.25, 0.3) is 0 Å². The molecule has 2 atom stereocenters. The molecule has 0 spiro atoms. The molecule has 2 rings (SSSR count). The zero-order valence-corrected chi connectivity index (χ0v) is 15.8. The van der Waals surface area contributed by atoms with Crippen molar-refractivity contribution in [2.45, 2.75) is 7.77 Å². The largest absolute Gasteiger partial charge is 0.385 e. The van der Waals surface area contributed by atoms with Gasteiger partial charge in [-0.05, 0) is 39.3 Å². The zero-order valence-electron chi connectivity index (χ0n) is 11.2. The van der Waals surface area contributed by atoms with E-state index in [0.29, 0.717) is 5.56 Å². The molecule has 21 heavy (non-hydrogen) atoms. The number of halogens is 2. The molecule has 0 aliphatic heterocycles. The number of benzene rings is 2. The van der Waals surface area contributed by atoms with Gasteiger partial charge in [-0.15, -0.1) is 0 Å². The normalized spacial score (nSPS) is 16.2. The summed E-state index contributed by atoms with van der Waals surface area (Å²) in [5, 5.41) is 10.3. The van der Waals surface area contributed by atoms with Gasteiger partial charge < -0.3 is 5.11 Å². The van der Waals surface area contributed by atoms with Crippen LogP contribution in [0.3, 0.4) is 0 Å². The van der Waals surface area contributed by atoms with Crippen LogP contribution in [0, 0.1) is 0 Å². The van der Waals surface area contributed by atoms with Gasteiger partial charge in [0.1, 0.15) is 6.10 Å². The van der Waals surface area contributed by atoms with Gasteiger partial charge in [0, 0.05) is 6.26 Å². The molecule has 0 aliphatic rings. The van der Waals surface area contributed by atoms with Crippen LogP contribution in [0.2, 0.25) is 0 Å². The van der Waals surface area contributed by atoms with Crippen molar-refractivity contribution >= 4 is 48.4 Å². The van der Waals surface area contributed by atoms with Gasteiger partial charge in [0.05, 0.1) is 0 Å². The topological polar surface area (TPSA) is 54.4 Å². The van der Waals surface area contributed by atoms with Gasteiger partial charge in [-0.3, -0.25) is 0 Å². The zero-order chi connectivity index (χ0) is 15.7. The second kappa shape index (κ2) is 6.36. The lowest BCUT2D eigenvalue weighted by atomic mass is 10.0. The Kier molecular flexibility index (Phi) is 5.12. The van der Waals surface area contributed by atoms with Gasteiger partial charge >= 0.3 is 0 Å². The lowest BCUT2D eigenvalue weighted by Crippen LogP contribution is -2.31. The Morgan fingerprint density at radius 2 is 1.52 bits per heavy atom.